The van der Waals surface area contributed by atoms with Gasteiger partial charge in [0.1, 0.15) is 0 Å². The number of benzene rings is 2. The van der Waals surface area contributed by atoms with Gasteiger partial charge in [-0.05, 0) is 38.2 Å². The average Bonchev–Trinajstić information content (AvgIpc) is 2.94. The lowest BCUT2D eigenvalue weighted by atomic mass is 9.87. The minimum Gasteiger partial charge on any atom is -0.465 e. The standard InChI is InChI=1S/C22H24Cl2N2O4/c1-4-9-25(2)10-11-26-18-13-14(20(27)30-3)12-17(24)19(18)22(29,21(26)28)15-7-5-6-8-16(15)23/h5-8,12-13,29H,4,9-11H2,1-3H3. The summed E-state index contributed by atoms with van der Waals surface area (Å²) in [6.07, 6.45) is 0.975. The van der Waals surface area contributed by atoms with Crippen LogP contribution in [0.1, 0.15) is 34.8 Å². The number of anilines is 1. The maximum absolute atomic E-state index is 13.5. The van der Waals surface area contributed by atoms with Crippen LogP contribution in [-0.2, 0) is 15.1 Å². The first-order valence-electron chi connectivity index (χ1n) is 9.65. The summed E-state index contributed by atoms with van der Waals surface area (Å²) in [6, 6.07) is 9.54. The predicted molar refractivity (Wildman–Crippen MR) is 117 cm³/mol. The number of likely N-dealkylation sites (N-methyl/N-ethyl adjacent to an activating group) is 1. The first kappa shape index (κ1) is 22.6. The molecule has 1 heterocycles. The molecule has 0 spiro atoms. The van der Waals surface area contributed by atoms with Crippen LogP contribution >= 0.6 is 23.2 Å². The Hall–Kier alpha value is -2.12. The number of carbonyl (C=O) groups is 2. The molecule has 30 heavy (non-hydrogen) atoms. The van der Waals surface area contributed by atoms with E-state index in [2.05, 4.69) is 11.8 Å². The largest absolute Gasteiger partial charge is 0.465 e. The fourth-order valence-electron chi connectivity index (χ4n) is 3.80. The number of rotatable bonds is 7. The highest BCUT2D eigenvalue weighted by molar-refractivity contribution is 6.35. The van der Waals surface area contributed by atoms with Gasteiger partial charge in [-0.25, -0.2) is 4.79 Å². The summed E-state index contributed by atoms with van der Waals surface area (Å²) in [4.78, 5) is 29.2. The summed E-state index contributed by atoms with van der Waals surface area (Å²) in [6.45, 7) is 3.84. The minimum atomic E-state index is -2.05. The first-order chi connectivity index (χ1) is 14.2. The monoisotopic (exact) mass is 450 g/mol. The van der Waals surface area contributed by atoms with E-state index in [0.29, 0.717) is 18.8 Å². The fraction of sp³-hybridized carbons (Fsp3) is 0.364. The number of hydrogen-bond acceptors (Lipinski definition) is 5. The van der Waals surface area contributed by atoms with Gasteiger partial charge in [0.05, 0.1) is 23.4 Å². The van der Waals surface area contributed by atoms with Crippen molar-refractivity contribution in [2.75, 3.05) is 38.7 Å². The van der Waals surface area contributed by atoms with Crippen LogP contribution in [0.2, 0.25) is 10.0 Å². The van der Waals surface area contributed by atoms with E-state index in [1.807, 2.05) is 7.05 Å². The van der Waals surface area contributed by atoms with Crippen LogP contribution in [-0.4, -0.2) is 55.7 Å². The van der Waals surface area contributed by atoms with Crippen molar-refractivity contribution in [3.63, 3.8) is 0 Å². The molecule has 3 rings (SSSR count). The molecule has 2 aromatic rings. The second-order valence-electron chi connectivity index (χ2n) is 7.29. The molecule has 0 saturated carbocycles. The van der Waals surface area contributed by atoms with Crippen molar-refractivity contribution < 1.29 is 19.4 Å². The van der Waals surface area contributed by atoms with E-state index in [1.165, 1.54) is 24.1 Å². The molecule has 160 valence electrons. The van der Waals surface area contributed by atoms with Crippen LogP contribution in [0.15, 0.2) is 36.4 Å². The molecule has 2 aromatic carbocycles. The van der Waals surface area contributed by atoms with Crippen LogP contribution in [0.3, 0.4) is 0 Å². The van der Waals surface area contributed by atoms with Crippen LogP contribution < -0.4 is 4.90 Å². The number of methoxy groups -OCH3 is 1. The molecular formula is C22H24Cl2N2O4. The Bertz CT molecular complexity index is 982. The maximum Gasteiger partial charge on any atom is 0.337 e. The van der Waals surface area contributed by atoms with Crippen molar-refractivity contribution >= 4 is 40.8 Å². The molecule has 0 radical (unpaired) electrons. The molecule has 1 aliphatic rings. The van der Waals surface area contributed by atoms with Crippen molar-refractivity contribution in [1.82, 2.24) is 4.90 Å². The van der Waals surface area contributed by atoms with E-state index in [9.17, 15) is 14.7 Å². The van der Waals surface area contributed by atoms with Crippen LogP contribution in [0.25, 0.3) is 0 Å². The molecule has 0 aliphatic carbocycles. The summed E-state index contributed by atoms with van der Waals surface area (Å²) >= 11 is 12.8. The van der Waals surface area contributed by atoms with Gasteiger partial charge >= 0.3 is 5.97 Å². The molecule has 8 heteroatoms. The Morgan fingerprint density at radius 2 is 1.90 bits per heavy atom. The van der Waals surface area contributed by atoms with Crippen molar-refractivity contribution in [3.8, 4) is 0 Å². The van der Waals surface area contributed by atoms with Crippen LogP contribution in [0.5, 0.6) is 0 Å². The number of amides is 1. The van der Waals surface area contributed by atoms with Gasteiger partial charge in [-0.1, -0.05) is 48.3 Å². The average molecular weight is 451 g/mol. The number of ether oxygens (including phenoxy) is 1. The third-order valence-corrected chi connectivity index (χ3v) is 5.90. The van der Waals surface area contributed by atoms with Crippen molar-refractivity contribution in [2.24, 2.45) is 0 Å². The lowest BCUT2D eigenvalue weighted by Crippen LogP contribution is -2.44. The van der Waals surface area contributed by atoms with Crippen molar-refractivity contribution in [1.29, 1.82) is 0 Å². The zero-order valence-electron chi connectivity index (χ0n) is 17.1. The van der Waals surface area contributed by atoms with Crippen LogP contribution in [0.4, 0.5) is 5.69 Å². The Balaban J connectivity index is 2.16. The Morgan fingerprint density at radius 3 is 2.53 bits per heavy atom. The smallest absolute Gasteiger partial charge is 0.337 e. The zero-order chi connectivity index (χ0) is 22.1. The Labute approximate surface area is 185 Å². The maximum atomic E-state index is 13.5. The van der Waals surface area contributed by atoms with Gasteiger partial charge in [-0.2, -0.15) is 0 Å². The molecule has 1 unspecified atom stereocenters. The number of nitrogens with zero attached hydrogens (tertiary/aromatic N) is 2. The minimum absolute atomic E-state index is 0.0908. The lowest BCUT2D eigenvalue weighted by molar-refractivity contribution is -0.132. The van der Waals surface area contributed by atoms with Crippen molar-refractivity contribution in [3.05, 3.63) is 63.1 Å². The van der Waals surface area contributed by atoms with E-state index in [-0.39, 0.29) is 26.7 Å². The fourth-order valence-corrected chi connectivity index (χ4v) is 4.42. The molecule has 1 aliphatic heterocycles. The number of carbonyl (C=O) groups excluding carboxylic acids is 2. The number of fused-ring (bicyclic) bond motifs is 1. The second-order valence-corrected chi connectivity index (χ2v) is 8.11. The first-order valence-corrected chi connectivity index (χ1v) is 10.4. The predicted octanol–water partition coefficient (Wildman–Crippen LogP) is 3.70. The van der Waals surface area contributed by atoms with Gasteiger partial charge in [0.25, 0.3) is 5.91 Å². The summed E-state index contributed by atoms with van der Waals surface area (Å²) in [5, 5.41) is 12.0. The number of hydrogen-bond donors (Lipinski definition) is 1. The molecule has 0 saturated heterocycles. The summed E-state index contributed by atoms with van der Waals surface area (Å²) < 4.78 is 4.81. The molecule has 1 atom stereocenters. The third-order valence-electron chi connectivity index (χ3n) is 5.27. The quantitative estimate of drug-likeness (QED) is 0.651. The van der Waals surface area contributed by atoms with Gasteiger partial charge in [0.2, 0.25) is 0 Å². The Kier molecular flexibility index (Phi) is 6.72. The molecule has 0 fully saturated rings. The second kappa shape index (κ2) is 8.94. The third kappa shape index (κ3) is 3.81. The SMILES string of the molecule is CCCN(C)CCN1C(=O)C(O)(c2ccccc2Cl)c2c(Cl)cc(C(=O)OC)cc21. The van der Waals surface area contributed by atoms with Gasteiger partial charge in [-0.15, -0.1) is 0 Å². The highest BCUT2D eigenvalue weighted by Crippen LogP contribution is 2.49. The van der Waals surface area contributed by atoms with Gasteiger partial charge in [0, 0.05) is 29.2 Å². The van der Waals surface area contributed by atoms with Gasteiger partial charge in [-0.3, -0.25) is 4.79 Å². The molecule has 1 amide bonds. The number of halogens is 2. The van der Waals surface area contributed by atoms with E-state index < -0.39 is 17.5 Å². The zero-order valence-corrected chi connectivity index (χ0v) is 18.6. The Morgan fingerprint density at radius 1 is 1.20 bits per heavy atom. The van der Waals surface area contributed by atoms with E-state index >= 15 is 0 Å². The van der Waals surface area contributed by atoms with Gasteiger partial charge < -0.3 is 19.6 Å². The lowest BCUT2D eigenvalue weighted by Gasteiger charge is -2.26. The summed E-state index contributed by atoms with van der Waals surface area (Å²) in [7, 11) is 3.23. The topological polar surface area (TPSA) is 70.1 Å². The number of esters is 1. The highest BCUT2D eigenvalue weighted by Gasteiger charge is 2.53. The van der Waals surface area contributed by atoms with Crippen molar-refractivity contribution in [2.45, 2.75) is 18.9 Å². The van der Waals surface area contributed by atoms with Gasteiger partial charge in [0.15, 0.2) is 5.60 Å². The number of aliphatic hydroxyl groups is 1. The van der Waals surface area contributed by atoms with E-state index in [1.54, 1.807) is 24.3 Å². The highest BCUT2D eigenvalue weighted by atomic mass is 35.5. The molecule has 0 aromatic heterocycles. The molecule has 1 N–H and O–H groups in total. The summed E-state index contributed by atoms with van der Waals surface area (Å²) in [5.41, 5.74) is -1.02. The van der Waals surface area contributed by atoms with E-state index in [4.69, 9.17) is 27.9 Å². The molecule has 0 bridgehead atoms. The molecule has 6 nitrogen and oxygen atoms in total. The molecular weight excluding hydrogens is 427 g/mol. The normalized spacial score (nSPS) is 18.1. The van der Waals surface area contributed by atoms with E-state index in [0.717, 1.165) is 13.0 Å². The van der Waals surface area contributed by atoms with Crippen LogP contribution in [0, 0.1) is 0 Å². The summed E-state index contributed by atoms with van der Waals surface area (Å²) in [5.74, 6) is -1.14.